The van der Waals surface area contributed by atoms with Crippen LogP contribution in [0.1, 0.15) is 11.1 Å². The second-order valence-corrected chi connectivity index (χ2v) is 6.85. The Hall–Kier alpha value is -3.46. The van der Waals surface area contributed by atoms with Gasteiger partial charge in [0.25, 0.3) is 0 Å². The molecule has 3 aromatic carbocycles. The predicted octanol–water partition coefficient (Wildman–Crippen LogP) is 3.11. The van der Waals surface area contributed by atoms with E-state index in [0.717, 1.165) is 22.2 Å². The Morgan fingerprint density at radius 1 is 0.897 bits per heavy atom. The molecule has 1 unspecified atom stereocenters. The zero-order valence-corrected chi connectivity index (χ0v) is 16.0. The highest BCUT2D eigenvalue weighted by molar-refractivity contribution is 5.73. The molecule has 1 aromatic heterocycles. The summed E-state index contributed by atoms with van der Waals surface area (Å²) in [6, 6.07) is 27.4. The second kappa shape index (κ2) is 8.70. The lowest BCUT2D eigenvalue weighted by molar-refractivity contribution is 0.0985. The average molecular weight is 382 g/mol. The number of hydrogen-bond donors (Lipinski definition) is 2. The van der Waals surface area contributed by atoms with Crippen LogP contribution in [0, 0.1) is 11.8 Å². The maximum absolute atomic E-state index is 11.3. The van der Waals surface area contributed by atoms with Crippen LogP contribution >= 0.6 is 0 Å². The molecule has 0 saturated heterocycles. The highest BCUT2D eigenvalue weighted by Gasteiger charge is 2.26. The zero-order valence-electron chi connectivity index (χ0n) is 16.0. The first-order valence-corrected chi connectivity index (χ1v) is 9.55. The molecule has 0 fully saturated rings. The number of nitrogens with one attached hydrogen (secondary N) is 1. The minimum Gasteiger partial charge on any atom is -0.372 e. The highest BCUT2D eigenvalue weighted by atomic mass is 16.3. The summed E-state index contributed by atoms with van der Waals surface area (Å²) in [4.78, 5) is 0. The van der Waals surface area contributed by atoms with E-state index in [9.17, 15) is 5.11 Å². The van der Waals surface area contributed by atoms with Gasteiger partial charge in [-0.2, -0.15) is 0 Å². The molecule has 1 atom stereocenters. The van der Waals surface area contributed by atoms with Crippen LogP contribution in [0.15, 0.2) is 84.9 Å². The molecule has 0 spiro atoms. The van der Waals surface area contributed by atoms with E-state index in [1.165, 1.54) is 0 Å². The van der Waals surface area contributed by atoms with Crippen LogP contribution in [0.25, 0.3) is 11.0 Å². The molecular formula is C24H22N4O. The Kier molecular flexibility index (Phi) is 5.66. The van der Waals surface area contributed by atoms with Crippen LogP contribution < -0.4 is 5.32 Å². The Morgan fingerprint density at radius 2 is 1.59 bits per heavy atom. The molecular weight excluding hydrogens is 360 g/mol. The third kappa shape index (κ3) is 4.52. The van der Waals surface area contributed by atoms with Crippen molar-refractivity contribution in [2.75, 3.05) is 6.54 Å². The Labute approximate surface area is 170 Å². The van der Waals surface area contributed by atoms with Crippen LogP contribution in [0.3, 0.4) is 0 Å². The minimum absolute atomic E-state index is 0.316. The normalized spacial score (nSPS) is 12.9. The monoisotopic (exact) mass is 382 g/mol. The van der Waals surface area contributed by atoms with Gasteiger partial charge in [0.2, 0.25) is 0 Å². The van der Waals surface area contributed by atoms with Gasteiger partial charge in [-0.05, 0) is 23.3 Å². The molecule has 4 rings (SSSR count). The topological polar surface area (TPSA) is 63.0 Å². The van der Waals surface area contributed by atoms with E-state index in [-0.39, 0.29) is 0 Å². The summed E-state index contributed by atoms with van der Waals surface area (Å²) >= 11 is 0. The molecule has 0 aliphatic heterocycles. The van der Waals surface area contributed by atoms with E-state index in [4.69, 9.17) is 0 Å². The summed E-state index contributed by atoms with van der Waals surface area (Å²) in [5.74, 6) is 6.14. The van der Waals surface area contributed by atoms with Gasteiger partial charge in [0, 0.05) is 13.1 Å². The van der Waals surface area contributed by atoms with Crippen LogP contribution in [-0.4, -0.2) is 26.6 Å². The van der Waals surface area contributed by atoms with Crippen molar-refractivity contribution in [1.29, 1.82) is 0 Å². The molecule has 0 aliphatic carbocycles. The fourth-order valence-corrected chi connectivity index (χ4v) is 3.21. The van der Waals surface area contributed by atoms with Crippen LogP contribution in [-0.2, 0) is 18.7 Å². The number of aliphatic hydroxyl groups is 1. The fraction of sp³-hybridized carbons (Fsp3) is 0.167. The molecule has 1 heterocycles. The lowest BCUT2D eigenvalue weighted by Crippen LogP contribution is -2.36. The first kappa shape index (κ1) is 18.9. The van der Waals surface area contributed by atoms with Gasteiger partial charge in [-0.25, -0.2) is 4.68 Å². The molecule has 0 saturated carbocycles. The van der Waals surface area contributed by atoms with Gasteiger partial charge in [0.05, 0.1) is 5.52 Å². The molecule has 5 nitrogen and oxygen atoms in total. The first-order chi connectivity index (χ1) is 14.2. The van der Waals surface area contributed by atoms with Gasteiger partial charge in [-0.15, -0.1) is 5.10 Å². The molecule has 2 N–H and O–H groups in total. The first-order valence-electron chi connectivity index (χ1n) is 9.55. The molecule has 0 aliphatic rings. The van der Waals surface area contributed by atoms with Gasteiger partial charge in [0.1, 0.15) is 12.1 Å². The van der Waals surface area contributed by atoms with E-state index in [0.29, 0.717) is 19.6 Å². The summed E-state index contributed by atoms with van der Waals surface area (Å²) in [6.45, 7) is 1.33. The third-order valence-electron chi connectivity index (χ3n) is 4.75. The summed E-state index contributed by atoms with van der Waals surface area (Å²) in [5, 5.41) is 22.9. The summed E-state index contributed by atoms with van der Waals surface area (Å²) in [5.41, 5.74) is 2.37. The third-order valence-corrected chi connectivity index (χ3v) is 4.75. The lowest BCUT2D eigenvalue weighted by Gasteiger charge is -2.23. The smallest absolute Gasteiger partial charge is 0.163 e. The van der Waals surface area contributed by atoms with Crippen molar-refractivity contribution in [3.8, 4) is 11.8 Å². The van der Waals surface area contributed by atoms with Crippen molar-refractivity contribution >= 4 is 11.0 Å². The SMILES string of the molecule is OC(C#CCn1nnc2ccccc21)(CNCc1ccccc1)c1ccccc1. The minimum atomic E-state index is -1.30. The lowest BCUT2D eigenvalue weighted by atomic mass is 9.94. The number of para-hydroxylation sites is 1. The quantitative estimate of drug-likeness (QED) is 0.503. The maximum Gasteiger partial charge on any atom is 0.163 e. The van der Waals surface area contributed by atoms with Crippen molar-refractivity contribution in [3.05, 3.63) is 96.1 Å². The van der Waals surface area contributed by atoms with Crippen LogP contribution in [0.4, 0.5) is 0 Å². The molecule has 0 radical (unpaired) electrons. The molecule has 29 heavy (non-hydrogen) atoms. The van der Waals surface area contributed by atoms with Crippen LogP contribution in [0.5, 0.6) is 0 Å². The Bertz CT molecular complexity index is 1130. The van der Waals surface area contributed by atoms with Gasteiger partial charge < -0.3 is 10.4 Å². The number of benzene rings is 3. The Morgan fingerprint density at radius 3 is 2.38 bits per heavy atom. The number of hydrogen-bond acceptors (Lipinski definition) is 4. The van der Waals surface area contributed by atoms with E-state index < -0.39 is 5.60 Å². The van der Waals surface area contributed by atoms with Gasteiger partial charge in [-0.1, -0.05) is 89.9 Å². The highest BCUT2D eigenvalue weighted by Crippen LogP contribution is 2.20. The summed E-state index contributed by atoms with van der Waals surface area (Å²) in [7, 11) is 0. The summed E-state index contributed by atoms with van der Waals surface area (Å²) in [6.07, 6.45) is 0. The molecule has 0 amide bonds. The summed E-state index contributed by atoms with van der Waals surface area (Å²) < 4.78 is 1.74. The van der Waals surface area contributed by atoms with Crippen molar-refractivity contribution in [3.63, 3.8) is 0 Å². The van der Waals surface area contributed by atoms with Crippen molar-refractivity contribution in [1.82, 2.24) is 20.3 Å². The second-order valence-electron chi connectivity index (χ2n) is 6.85. The van der Waals surface area contributed by atoms with Crippen LogP contribution in [0.2, 0.25) is 0 Å². The van der Waals surface area contributed by atoms with Crippen molar-refractivity contribution < 1.29 is 5.11 Å². The van der Waals surface area contributed by atoms with Gasteiger partial charge in [-0.3, -0.25) is 0 Å². The van der Waals surface area contributed by atoms with Crippen molar-refractivity contribution in [2.45, 2.75) is 18.7 Å². The van der Waals surface area contributed by atoms with Gasteiger partial charge >= 0.3 is 0 Å². The Balaban J connectivity index is 1.52. The van der Waals surface area contributed by atoms with E-state index in [1.807, 2.05) is 72.8 Å². The largest absolute Gasteiger partial charge is 0.372 e. The maximum atomic E-state index is 11.3. The van der Waals surface area contributed by atoms with Gasteiger partial charge in [0.15, 0.2) is 5.60 Å². The molecule has 5 heteroatoms. The number of aromatic nitrogens is 3. The predicted molar refractivity (Wildman–Crippen MR) is 114 cm³/mol. The van der Waals surface area contributed by atoms with Crippen molar-refractivity contribution in [2.24, 2.45) is 0 Å². The average Bonchev–Trinajstić information content (AvgIpc) is 3.18. The standard InChI is InChI=1S/C24H22N4O/c29-24(21-12-5-2-6-13-21,19-25-18-20-10-3-1-4-11-20)16-9-17-28-23-15-8-7-14-22(23)26-27-28/h1-8,10-15,25,29H,17-19H2. The molecule has 0 bridgehead atoms. The number of nitrogens with zero attached hydrogens (tertiary/aromatic N) is 3. The number of fused-ring (bicyclic) bond motifs is 1. The number of rotatable bonds is 6. The fourth-order valence-electron chi connectivity index (χ4n) is 3.21. The van der Waals surface area contributed by atoms with E-state index in [2.05, 4.69) is 39.6 Å². The van der Waals surface area contributed by atoms with E-state index >= 15 is 0 Å². The molecule has 4 aromatic rings. The zero-order chi connectivity index (χ0) is 19.9. The molecule has 144 valence electrons. The van der Waals surface area contributed by atoms with E-state index in [1.54, 1.807) is 4.68 Å².